The van der Waals surface area contributed by atoms with Crippen molar-refractivity contribution < 1.29 is 27.8 Å². The zero-order chi connectivity index (χ0) is 19.8. The van der Waals surface area contributed by atoms with E-state index in [1.807, 2.05) is 0 Å². The maximum absolute atomic E-state index is 12.4. The molecule has 138 valence electrons. The molecule has 0 spiro atoms. The molecule has 9 nitrogen and oxygen atoms in total. The molecule has 0 aliphatic carbocycles. The van der Waals surface area contributed by atoms with Gasteiger partial charge >= 0.3 is 0 Å². The predicted octanol–water partition coefficient (Wildman–Crippen LogP) is 2.95. The van der Waals surface area contributed by atoms with Crippen LogP contribution in [0.4, 0.5) is 11.4 Å². The molecule has 3 aromatic rings. The SMILES string of the molecule is O=C(Nc1cc(S(=O)(=O)O)cc2cc(O)ccc12)c1ccc([N+](=O)[O-])cc1. The number of nitrogens with one attached hydrogen (secondary N) is 1. The van der Waals surface area contributed by atoms with Crippen molar-refractivity contribution in [3.05, 3.63) is 70.3 Å². The van der Waals surface area contributed by atoms with Gasteiger partial charge in [-0.1, -0.05) is 0 Å². The molecule has 10 heteroatoms. The standard InChI is InChI=1S/C17H12N2O7S/c20-13-5-6-15-11(7-13)8-14(27(24,25)26)9-16(15)18-17(21)10-1-3-12(4-2-10)19(22)23/h1-9,20H,(H,18,21)(H,24,25,26). The number of nitrogens with zero attached hydrogens (tertiary/aromatic N) is 1. The topological polar surface area (TPSA) is 147 Å². The molecule has 1 amide bonds. The highest BCUT2D eigenvalue weighted by molar-refractivity contribution is 7.85. The Morgan fingerprint density at radius 2 is 1.70 bits per heavy atom. The van der Waals surface area contributed by atoms with Crippen molar-refractivity contribution in [3.8, 4) is 5.75 Å². The van der Waals surface area contributed by atoms with E-state index in [-0.39, 0.29) is 28.1 Å². The number of fused-ring (bicyclic) bond motifs is 1. The maximum atomic E-state index is 12.4. The lowest BCUT2D eigenvalue weighted by Gasteiger charge is -2.11. The van der Waals surface area contributed by atoms with Crippen molar-refractivity contribution in [2.45, 2.75) is 4.90 Å². The van der Waals surface area contributed by atoms with Crippen LogP contribution in [0.5, 0.6) is 5.75 Å². The number of rotatable bonds is 4. The maximum Gasteiger partial charge on any atom is 0.294 e. The fourth-order valence-electron chi connectivity index (χ4n) is 2.51. The first-order chi connectivity index (χ1) is 12.6. The molecule has 0 aromatic heterocycles. The van der Waals surface area contributed by atoms with Crippen LogP contribution >= 0.6 is 0 Å². The van der Waals surface area contributed by atoms with E-state index >= 15 is 0 Å². The summed E-state index contributed by atoms with van der Waals surface area (Å²) in [5.74, 6) is -0.755. The molecule has 0 saturated heterocycles. The molecule has 0 radical (unpaired) electrons. The molecule has 0 unspecified atom stereocenters. The third kappa shape index (κ3) is 3.86. The Kier molecular flexibility index (Phi) is 4.52. The number of non-ortho nitro benzene ring substituents is 1. The minimum Gasteiger partial charge on any atom is -0.508 e. The summed E-state index contributed by atoms with van der Waals surface area (Å²) >= 11 is 0. The zero-order valence-electron chi connectivity index (χ0n) is 13.5. The van der Waals surface area contributed by atoms with Gasteiger partial charge in [-0.3, -0.25) is 19.5 Å². The number of carbonyl (C=O) groups excluding carboxylic acids is 1. The molecule has 0 aliphatic rings. The molecule has 0 heterocycles. The van der Waals surface area contributed by atoms with Crippen LogP contribution < -0.4 is 5.32 Å². The van der Waals surface area contributed by atoms with E-state index in [1.54, 1.807) is 0 Å². The molecule has 3 rings (SSSR count). The lowest BCUT2D eigenvalue weighted by Crippen LogP contribution is -2.13. The number of hydrogen-bond donors (Lipinski definition) is 3. The summed E-state index contributed by atoms with van der Waals surface area (Å²) in [5.41, 5.74) is 0.0223. The largest absolute Gasteiger partial charge is 0.508 e. The van der Waals surface area contributed by atoms with Crippen LogP contribution in [0.15, 0.2) is 59.5 Å². The Balaban J connectivity index is 2.05. The van der Waals surface area contributed by atoms with Crippen LogP contribution in [0.25, 0.3) is 10.8 Å². The number of nitro benzene ring substituents is 1. The fourth-order valence-corrected chi connectivity index (χ4v) is 3.05. The van der Waals surface area contributed by atoms with Gasteiger partial charge in [0, 0.05) is 23.1 Å². The van der Waals surface area contributed by atoms with Gasteiger partial charge in [-0.25, -0.2) is 0 Å². The number of carbonyl (C=O) groups is 1. The molecule has 0 aliphatic heterocycles. The van der Waals surface area contributed by atoms with Crippen LogP contribution in [0, 0.1) is 10.1 Å². The Morgan fingerprint density at radius 1 is 1.04 bits per heavy atom. The van der Waals surface area contributed by atoms with Crippen LogP contribution in [0.1, 0.15) is 10.4 Å². The first-order valence-electron chi connectivity index (χ1n) is 7.45. The summed E-state index contributed by atoms with van der Waals surface area (Å²) in [4.78, 5) is 22.0. The minimum absolute atomic E-state index is 0.0866. The normalized spacial score (nSPS) is 11.3. The summed E-state index contributed by atoms with van der Waals surface area (Å²) in [6, 6.07) is 11.2. The summed E-state index contributed by atoms with van der Waals surface area (Å²) < 4.78 is 32.3. The smallest absolute Gasteiger partial charge is 0.294 e. The Bertz CT molecular complexity index is 1170. The third-order valence-electron chi connectivity index (χ3n) is 3.80. The van der Waals surface area contributed by atoms with Crippen LogP contribution in [-0.4, -0.2) is 28.9 Å². The van der Waals surface area contributed by atoms with Crippen molar-refractivity contribution in [2.24, 2.45) is 0 Å². The first kappa shape index (κ1) is 18.3. The van der Waals surface area contributed by atoms with Crippen molar-refractivity contribution in [1.29, 1.82) is 0 Å². The number of hydrogen-bond acceptors (Lipinski definition) is 6. The van der Waals surface area contributed by atoms with E-state index in [9.17, 15) is 33.0 Å². The highest BCUT2D eigenvalue weighted by atomic mass is 32.2. The minimum atomic E-state index is -4.55. The van der Waals surface area contributed by atoms with Gasteiger partial charge < -0.3 is 10.4 Å². The number of amides is 1. The second-order valence-electron chi connectivity index (χ2n) is 5.61. The van der Waals surface area contributed by atoms with Gasteiger partial charge in [0.2, 0.25) is 0 Å². The number of phenolic OH excluding ortho intramolecular Hbond substituents is 1. The van der Waals surface area contributed by atoms with Crippen molar-refractivity contribution in [2.75, 3.05) is 5.32 Å². The van der Waals surface area contributed by atoms with E-state index in [2.05, 4.69) is 5.32 Å². The third-order valence-corrected chi connectivity index (χ3v) is 4.63. The lowest BCUT2D eigenvalue weighted by atomic mass is 10.1. The predicted molar refractivity (Wildman–Crippen MR) is 96.5 cm³/mol. The average molecular weight is 388 g/mol. The van der Waals surface area contributed by atoms with E-state index in [4.69, 9.17) is 0 Å². The zero-order valence-corrected chi connectivity index (χ0v) is 14.3. The highest BCUT2D eigenvalue weighted by Gasteiger charge is 2.16. The molecule has 0 bridgehead atoms. The molecule has 3 N–H and O–H groups in total. The summed E-state index contributed by atoms with van der Waals surface area (Å²) in [5, 5.41) is 23.5. The van der Waals surface area contributed by atoms with Gasteiger partial charge in [-0.2, -0.15) is 8.42 Å². The van der Waals surface area contributed by atoms with Crippen LogP contribution in [-0.2, 0) is 10.1 Å². The number of phenols is 1. The monoisotopic (exact) mass is 388 g/mol. The van der Waals surface area contributed by atoms with Gasteiger partial charge in [0.05, 0.1) is 15.5 Å². The van der Waals surface area contributed by atoms with E-state index < -0.39 is 25.8 Å². The van der Waals surface area contributed by atoms with Gasteiger partial charge in [-0.05, 0) is 47.9 Å². The summed E-state index contributed by atoms with van der Waals surface area (Å²) in [7, 11) is -4.55. The number of benzene rings is 3. The quantitative estimate of drug-likeness (QED) is 0.354. The van der Waals surface area contributed by atoms with Crippen molar-refractivity contribution in [3.63, 3.8) is 0 Å². The molecule has 3 aromatic carbocycles. The van der Waals surface area contributed by atoms with Gasteiger partial charge in [0.25, 0.3) is 21.7 Å². The second-order valence-corrected chi connectivity index (χ2v) is 7.03. The fraction of sp³-hybridized carbons (Fsp3) is 0. The number of nitro groups is 1. The van der Waals surface area contributed by atoms with Crippen molar-refractivity contribution >= 4 is 38.2 Å². The second kappa shape index (κ2) is 6.67. The van der Waals surface area contributed by atoms with Crippen LogP contribution in [0.2, 0.25) is 0 Å². The molecule has 0 saturated carbocycles. The van der Waals surface area contributed by atoms with Crippen LogP contribution in [0.3, 0.4) is 0 Å². The van der Waals surface area contributed by atoms with E-state index in [1.165, 1.54) is 42.5 Å². The Hall–Kier alpha value is -3.50. The van der Waals surface area contributed by atoms with Crippen molar-refractivity contribution in [1.82, 2.24) is 0 Å². The molecule has 0 fully saturated rings. The van der Waals surface area contributed by atoms with E-state index in [0.29, 0.717) is 5.39 Å². The molecule has 0 atom stereocenters. The summed E-state index contributed by atoms with van der Waals surface area (Å²) in [6.07, 6.45) is 0. The summed E-state index contributed by atoms with van der Waals surface area (Å²) in [6.45, 7) is 0. The molecular formula is C17H12N2O7S. The van der Waals surface area contributed by atoms with Gasteiger partial charge in [0.1, 0.15) is 5.75 Å². The number of anilines is 1. The Morgan fingerprint density at radius 3 is 2.30 bits per heavy atom. The lowest BCUT2D eigenvalue weighted by molar-refractivity contribution is -0.384. The number of aromatic hydroxyl groups is 1. The molecule has 27 heavy (non-hydrogen) atoms. The first-order valence-corrected chi connectivity index (χ1v) is 8.89. The average Bonchev–Trinajstić information content (AvgIpc) is 2.60. The van der Waals surface area contributed by atoms with E-state index in [0.717, 1.165) is 12.1 Å². The Labute approximate surface area is 152 Å². The van der Waals surface area contributed by atoms with Gasteiger partial charge in [-0.15, -0.1) is 0 Å². The molecular weight excluding hydrogens is 376 g/mol. The highest BCUT2D eigenvalue weighted by Crippen LogP contribution is 2.30. The van der Waals surface area contributed by atoms with Gasteiger partial charge in [0.15, 0.2) is 0 Å².